The van der Waals surface area contributed by atoms with Gasteiger partial charge in [-0.25, -0.2) is 0 Å². The van der Waals surface area contributed by atoms with Crippen molar-refractivity contribution in [1.82, 2.24) is 0 Å². The van der Waals surface area contributed by atoms with Crippen LogP contribution >= 0.6 is 11.6 Å². The van der Waals surface area contributed by atoms with Gasteiger partial charge in [-0.15, -0.1) is 0 Å². The maximum absolute atomic E-state index is 11.0. The Bertz CT molecular complexity index is 441. The van der Waals surface area contributed by atoms with Crippen molar-refractivity contribution in [3.05, 3.63) is 34.3 Å². The zero-order valence-electron chi connectivity index (χ0n) is 9.03. The fourth-order valence-electron chi connectivity index (χ4n) is 2.14. The van der Waals surface area contributed by atoms with Gasteiger partial charge in [-0.2, -0.15) is 0 Å². The Morgan fingerprint density at radius 3 is 2.62 bits per heavy atom. The average Bonchev–Trinajstić information content (AvgIpc) is 2.97. The predicted octanol–water partition coefficient (Wildman–Crippen LogP) is 2.09. The second-order valence-electron chi connectivity index (χ2n) is 4.46. The summed E-state index contributed by atoms with van der Waals surface area (Å²) >= 11 is 6.15. The Morgan fingerprint density at radius 2 is 2.19 bits per heavy atom. The van der Waals surface area contributed by atoms with Crippen molar-refractivity contribution >= 4 is 17.6 Å². The Hall–Kier alpha value is -1.06. The molecule has 0 saturated heterocycles. The molecule has 1 atom stereocenters. The summed E-state index contributed by atoms with van der Waals surface area (Å²) in [5.74, 6) is -0.964. The van der Waals surface area contributed by atoms with Crippen molar-refractivity contribution in [2.45, 2.75) is 31.2 Å². The summed E-state index contributed by atoms with van der Waals surface area (Å²) in [5.41, 5.74) is 7.22. The number of carboxylic acids is 1. The van der Waals surface area contributed by atoms with Crippen LogP contribution in [0, 0.1) is 6.92 Å². The number of rotatable bonds is 3. The number of hydrogen-bond acceptors (Lipinski definition) is 2. The van der Waals surface area contributed by atoms with Crippen LogP contribution in [0.25, 0.3) is 0 Å². The van der Waals surface area contributed by atoms with Crippen LogP contribution < -0.4 is 5.73 Å². The van der Waals surface area contributed by atoms with Gasteiger partial charge in [0, 0.05) is 10.4 Å². The molecule has 16 heavy (non-hydrogen) atoms. The van der Waals surface area contributed by atoms with Crippen LogP contribution in [0.3, 0.4) is 0 Å². The standard InChI is InChI=1S/C12H14ClNO2/c1-7-2-3-8(9(13)6-7)12(4-5-12)10(14)11(15)16/h2-3,6,10H,4-5,14H2,1H3,(H,15,16). The van der Waals surface area contributed by atoms with Crippen LogP contribution in [-0.4, -0.2) is 17.1 Å². The first-order valence-electron chi connectivity index (χ1n) is 5.22. The quantitative estimate of drug-likeness (QED) is 0.849. The van der Waals surface area contributed by atoms with E-state index >= 15 is 0 Å². The third kappa shape index (κ3) is 1.70. The lowest BCUT2D eigenvalue weighted by molar-refractivity contribution is -0.139. The summed E-state index contributed by atoms with van der Waals surface area (Å²) < 4.78 is 0. The van der Waals surface area contributed by atoms with Gasteiger partial charge in [0.15, 0.2) is 0 Å². The summed E-state index contributed by atoms with van der Waals surface area (Å²) in [6.45, 7) is 1.95. The summed E-state index contributed by atoms with van der Waals surface area (Å²) in [6.07, 6.45) is 1.59. The molecule has 1 aromatic carbocycles. The lowest BCUT2D eigenvalue weighted by atomic mass is 9.88. The van der Waals surface area contributed by atoms with Crippen LogP contribution in [0.5, 0.6) is 0 Å². The molecule has 0 aliphatic heterocycles. The second-order valence-corrected chi connectivity index (χ2v) is 4.86. The number of nitrogens with two attached hydrogens (primary N) is 1. The Kier molecular flexibility index (Phi) is 2.68. The Morgan fingerprint density at radius 1 is 1.56 bits per heavy atom. The van der Waals surface area contributed by atoms with E-state index in [2.05, 4.69) is 0 Å². The van der Waals surface area contributed by atoms with Crippen LogP contribution in [0.4, 0.5) is 0 Å². The molecule has 1 aromatic rings. The molecular formula is C12H14ClNO2. The molecule has 1 fully saturated rings. The molecule has 0 spiro atoms. The van der Waals surface area contributed by atoms with Gasteiger partial charge in [-0.1, -0.05) is 23.7 Å². The molecule has 0 bridgehead atoms. The molecule has 86 valence electrons. The molecule has 2 rings (SSSR count). The van der Waals surface area contributed by atoms with Crippen molar-refractivity contribution < 1.29 is 9.90 Å². The third-order valence-electron chi connectivity index (χ3n) is 3.31. The van der Waals surface area contributed by atoms with Gasteiger partial charge in [0.1, 0.15) is 6.04 Å². The smallest absolute Gasteiger partial charge is 0.321 e. The van der Waals surface area contributed by atoms with Gasteiger partial charge >= 0.3 is 5.97 Å². The summed E-state index contributed by atoms with van der Waals surface area (Å²) in [7, 11) is 0. The molecule has 3 N–H and O–H groups in total. The summed E-state index contributed by atoms with van der Waals surface area (Å²) in [4.78, 5) is 11.0. The SMILES string of the molecule is Cc1ccc(C2(C(N)C(=O)O)CC2)c(Cl)c1. The minimum Gasteiger partial charge on any atom is -0.480 e. The largest absolute Gasteiger partial charge is 0.480 e. The van der Waals surface area contributed by atoms with Gasteiger partial charge in [0.05, 0.1) is 0 Å². The zero-order valence-corrected chi connectivity index (χ0v) is 9.79. The number of aliphatic carboxylic acids is 1. The van der Waals surface area contributed by atoms with E-state index in [1.165, 1.54) is 0 Å². The lowest BCUT2D eigenvalue weighted by Gasteiger charge is -2.21. The monoisotopic (exact) mass is 239 g/mol. The second kappa shape index (κ2) is 3.75. The third-order valence-corrected chi connectivity index (χ3v) is 3.62. The first kappa shape index (κ1) is 11.4. The van der Waals surface area contributed by atoms with E-state index in [-0.39, 0.29) is 0 Å². The van der Waals surface area contributed by atoms with E-state index in [0.29, 0.717) is 5.02 Å². The molecule has 1 aliphatic rings. The number of hydrogen-bond donors (Lipinski definition) is 2. The maximum Gasteiger partial charge on any atom is 0.321 e. The molecule has 1 aliphatic carbocycles. The highest BCUT2D eigenvalue weighted by Gasteiger charge is 2.53. The lowest BCUT2D eigenvalue weighted by Crippen LogP contribution is -2.42. The normalized spacial score (nSPS) is 19.2. The minimum atomic E-state index is -0.964. The maximum atomic E-state index is 11.0. The number of halogens is 1. The van der Waals surface area contributed by atoms with Crippen molar-refractivity contribution in [3.8, 4) is 0 Å². The molecule has 3 nitrogen and oxygen atoms in total. The molecule has 0 heterocycles. The predicted molar refractivity (Wildman–Crippen MR) is 62.7 cm³/mol. The van der Waals surface area contributed by atoms with Crippen molar-refractivity contribution in [3.63, 3.8) is 0 Å². The first-order valence-corrected chi connectivity index (χ1v) is 5.60. The van der Waals surface area contributed by atoms with Crippen LogP contribution in [0.15, 0.2) is 18.2 Å². The molecule has 0 amide bonds. The molecule has 1 saturated carbocycles. The fraction of sp³-hybridized carbons (Fsp3) is 0.417. The van der Waals surface area contributed by atoms with Crippen molar-refractivity contribution in [2.75, 3.05) is 0 Å². The number of carboxylic acid groups (broad SMARTS) is 1. The fourth-order valence-corrected chi connectivity index (χ4v) is 2.57. The molecule has 0 radical (unpaired) electrons. The van der Waals surface area contributed by atoms with E-state index in [0.717, 1.165) is 24.0 Å². The zero-order chi connectivity index (χ0) is 11.9. The van der Waals surface area contributed by atoms with Gasteiger partial charge in [0.25, 0.3) is 0 Å². The summed E-state index contributed by atoms with van der Waals surface area (Å²) in [6, 6.07) is 4.82. The number of benzene rings is 1. The summed E-state index contributed by atoms with van der Waals surface area (Å²) in [5, 5.41) is 9.62. The highest BCUT2D eigenvalue weighted by atomic mass is 35.5. The molecular weight excluding hydrogens is 226 g/mol. The van der Waals surface area contributed by atoms with E-state index < -0.39 is 17.4 Å². The van der Waals surface area contributed by atoms with E-state index in [4.69, 9.17) is 22.4 Å². The number of carbonyl (C=O) groups is 1. The Balaban J connectivity index is 2.40. The van der Waals surface area contributed by atoms with Crippen molar-refractivity contribution in [2.24, 2.45) is 5.73 Å². The van der Waals surface area contributed by atoms with Crippen LogP contribution in [0.1, 0.15) is 24.0 Å². The van der Waals surface area contributed by atoms with Gasteiger partial charge < -0.3 is 10.8 Å². The number of aryl methyl sites for hydroxylation is 1. The highest BCUT2D eigenvalue weighted by Crippen LogP contribution is 2.52. The van der Waals surface area contributed by atoms with Crippen LogP contribution in [-0.2, 0) is 10.2 Å². The van der Waals surface area contributed by atoms with E-state index in [1.54, 1.807) is 0 Å². The van der Waals surface area contributed by atoms with Gasteiger partial charge in [0.2, 0.25) is 0 Å². The molecule has 1 unspecified atom stereocenters. The highest BCUT2D eigenvalue weighted by molar-refractivity contribution is 6.31. The molecule has 0 aromatic heterocycles. The average molecular weight is 240 g/mol. The Labute approximate surface area is 99.2 Å². The van der Waals surface area contributed by atoms with Gasteiger partial charge in [-0.3, -0.25) is 4.79 Å². The molecule has 4 heteroatoms. The van der Waals surface area contributed by atoms with E-state index in [9.17, 15) is 4.79 Å². The first-order chi connectivity index (χ1) is 7.47. The van der Waals surface area contributed by atoms with Crippen LogP contribution in [0.2, 0.25) is 5.02 Å². The van der Waals surface area contributed by atoms with Crippen molar-refractivity contribution in [1.29, 1.82) is 0 Å². The van der Waals surface area contributed by atoms with E-state index in [1.807, 2.05) is 25.1 Å². The minimum absolute atomic E-state index is 0.448. The van der Waals surface area contributed by atoms with Gasteiger partial charge in [-0.05, 0) is 37.0 Å². The topological polar surface area (TPSA) is 63.3 Å².